The van der Waals surface area contributed by atoms with Crippen molar-refractivity contribution in [2.24, 2.45) is 5.41 Å². The van der Waals surface area contributed by atoms with Gasteiger partial charge in [0.1, 0.15) is 11.6 Å². The lowest BCUT2D eigenvalue weighted by Crippen LogP contribution is -2.22. The van der Waals surface area contributed by atoms with Crippen LogP contribution in [-0.4, -0.2) is 13.6 Å². The minimum atomic E-state index is -0.481. The fourth-order valence-corrected chi connectivity index (χ4v) is 2.11. The SMILES string of the molecule is CNCC1(Cc2cc(F)cc(F)c2)CC1. The van der Waals surface area contributed by atoms with E-state index < -0.39 is 11.6 Å². The first-order valence-corrected chi connectivity index (χ1v) is 5.23. The summed E-state index contributed by atoms with van der Waals surface area (Å²) in [5.74, 6) is -0.962. The van der Waals surface area contributed by atoms with Crippen molar-refractivity contribution in [1.29, 1.82) is 0 Å². The molecule has 0 aliphatic heterocycles. The maximum absolute atomic E-state index is 13.0. The second-order valence-corrected chi connectivity index (χ2v) is 4.48. The number of benzene rings is 1. The van der Waals surface area contributed by atoms with Crippen LogP contribution < -0.4 is 5.32 Å². The fraction of sp³-hybridized carbons (Fsp3) is 0.500. The van der Waals surface area contributed by atoms with Crippen LogP contribution in [0.3, 0.4) is 0 Å². The van der Waals surface area contributed by atoms with Gasteiger partial charge in [0.15, 0.2) is 0 Å². The zero-order valence-electron chi connectivity index (χ0n) is 8.82. The molecule has 15 heavy (non-hydrogen) atoms. The number of hydrogen-bond acceptors (Lipinski definition) is 1. The van der Waals surface area contributed by atoms with Crippen molar-refractivity contribution in [2.75, 3.05) is 13.6 Å². The topological polar surface area (TPSA) is 12.0 Å². The van der Waals surface area contributed by atoms with Crippen LogP contribution in [0.2, 0.25) is 0 Å². The molecule has 0 radical (unpaired) electrons. The second-order valence-electron chi connectivity index (χ2n) is 4.48. The number of hydrogen-bond donors (Lipinski definition) is 1. The lowest BCUT2D eigenvalue weighted by molar-refractivity contribution is 0.474. The van der Waals surface area contributed by atoms with Crippen LogP contribution in [0, 0.1) is 17.0 Å². The van der Waals surface area contributed by atoms with Crippen LogP contribution in [0.15, 0.2) is 18.2 Å². The molecule has 0 unspecified atom stereocenters. The Bertz CT molecular complexity index is 338. The normalized spacial score (nSPS) is 17.8. The van der Waals surface area contributed by atoms with E-state index in [1.54, 1.807) is 0 Å². The second kappa shape index (κ2) is 3.89. The molecule has 0 heterocycles. The highest BCUT2D eigenvalue weighted by Gasteiger charge is 2.41. The number of rotatable bonds is 4. The van der Waals surface area contributed by atoms with E-state index in [1.165, 1.54) is 12.1 Å². The highest BCUT2D eigenvalue weighted by molar-refractivity contribution is 5.21. The highest BCUT2D eigenvalue weighted by Crippen LogP contribution is 2.47. The summed E-state index contributed by atoms with van der Waals surface area (Å²) >= 11 is 0. The summed E-state index contributed by atoms with van der Waals surface area (Å²) in [5.41, 5.74) is 1.01. The zero-order chi connectivity index (χ0) is 10.9. The molecule has 82 valence electrons. The minimum absolute atomic E-state index is 0.245. The molecule has 0 amide bonds. The van der Waals surface area contributed by atoms with Crippen LogP contribution >= 0.6 is 0 Å². The van der Waals surface area contributed by atoms with E-state index in [4.69, 9.17) is 0 Å². The quantitative estimate of drug-likeness (QED) is 0.806. The molecule has 1 N–H and O–H groups in total. The summed E-state index contributed by atoms with van der Waals surface area (Å²) in [5, 5.41) is 3.13. The van der Waals surface area contributed by atoms with Crippen molar-refractivity contribution in [1.82, 2.24) is 5.32 Å². The molecule has 1 nitrogen and oxygen atoms in total. The maximum atomic E-state index is 13.0. The number of halogens is 2. The van der Waals surface area contributed by atoms with Crippen molar-refractivity contribution < 1.29 is 8.78 Å². The van der Waals surface area contributed by atoms with Gasteiger partial charge < -0.3 is 5.32 Å². The van der Waals surface area contributed by atoms with Crippen LogP contribution in [0.1, 0.15) is 18.4 Å². The van der Waals surface area contributed by atoms with E-state index in [-0.39, 0.29) is 5.41 Å². The molecule has 0 saturated heterocycles. The summed E-state index contributed by atoms with van der Waals surface area (Å²) in [6.45, 7) is 0.922. The van der Waals surface area contributed by atoms with Crippen molar-refractivity contribution in [3.8, 4) is 0 Å². The van der Waals surface area contributed by atoms with E-state index in [1.807, 2.05) is 7.05 Å². The molecule has 1 aliphatic rings. The fourth-order valence-electron chi connectivity index (χ4n) is 2.11. The van der Waals surface area contributed by atoms with Crippen molar-refractivity contribution in [3.63, 3.8) is 0 Å². The monoisotopic (exact) mass is 211 g/mol. The third-order valence-corrected chi connectivity index (χ3v) is 3.01. The van der Waals surface area contributed by atoms with Gasteiger partial charge in [-0.3, -0.25) is 0 Å². The van der Waals surface area contributed by atoms with Gasteiger partial charge >= 0.3 is 0 Å². The van der Waals surface area contributed by atoms with E-state index >= 15 is 0 Å². The lowest BCUT2D eigenvalue weighted by Gasteiger charge is -2.14. The van der Waals surface area contributed by atoms with Crippen LogP contribution in [0.5, 0.6) is 0 Å². The van der Waals surface area contributed by atoms with Gasteiger partial charge in [-0.2, -0.15) is 0 Å². The predicted molar refractivity (Wildman–Crippen MR) is 55.7 cm³/mol. The summed E-state index contributed by atoms with van der Waals surface area (Å²) < 4.78 is 25.9. The zero-order valence-corrected chi connectivity index (χ0v) is 8.82. The Morgan fingerprint density at radius 3 is 2.27 bits per heavy atom. The molecule has 1 aromatic rings. The van der Waals surface area contributed by atoms with Gasteiger partial charge in [0, 0.05) is 12.6 Å². The van der Waals surface area contributed by atoms with E-state index in [0.29, 0.717) is 0 Å². The molecule has 1 saturated carbocycles. The third kappa shape index (κ3) is 2.53. The largest absolute Gasteiger partial charge is 0.319 e. The minimum Gasteiger partial charge on any atom is -0.319 e. The molecular weight excluding hydrogens is 196 g/mol. The van der Waals surface area contributed by atoms with Gasteiger partial charge in [-0.25, -0.2) is 8.78 Å². The first kappa shape index (κ1) is 10.6. The maximum Gasteiger partial charge on any atom is 0.126 e. The molecule has 0 aromatic heterocycles. The van der Waals surface area contributed by atoms with Gasteiger partial charge in [0.2, 0.25) is 0 Å². The molecule has 1 fully saturated rings. The summed E-state index contributed by atoms with van der Waals surface area (Å²) in [7, 11) is 1.91. The summed E-state index contributed by atoms with van der Waals surface area (Å²) in [6, 6.07) is 3.78. The van der Waals surface area contributed by atoms with Crippen molar-refractivity contribution >= 4 is 0 Å². The van der Waals surface area contributed by atoms with Gasteiger partial charge in [-0.05, 0) is 49.4 Å². The Hall–Kier alpha value is -0.960. The molecule has 2 rings (SSSR count). The molecule has 1 aromatic carbocycles. The van der Waals surface area contributed by atoms with Gasteiger partial charge in [-0.1, -0.05) is 0 Å². The van der Waals surface area contributed by atoms with Crippen LogP contribution in [0.4, 0.5) is 8.78 Å². The summed E-state index contributed by atoms with van der Waals surface area (Å²) in [4.78, 5) is 0. The van der Waals surface area contributed by atoms with Gasteiger partial charge in [0.25, 0.3) is 0 Å². The standard InChI is InChI=1S/C12H15F2N/c1-15-8-12(2-3-12)7-9-4-10(13)6-11(14)5-9/h4-6,15H,2-3,7-8H2,1H3. The smallest absolute Gasteiger partial charge is 0.126 e. The van der Waals surface area contributed by atoms with E-state index in [2.05, 4.69) is 5.32 Å². The van der Waals surface area contributed by atoms with E-state index in [9.17, 15) is 8.78 Å². The summed E-state index contributed by atoms with van der Waals surface area (Å²) in [6.07, 6.45) is 3.06. The molecular formula is C12H15F2N. The van der Waals surface area contributed by atoms with Gasteiger partial charge in [0.05, 0.1) is 0 Å². The van der Waals surface area contributed by atoms with Crippen molar-refractivity contribution in [3.05, 3.63) is 35.4 Å². The molecule has 0 atom stereocenters. The van der Waals surface area contributed by atoms with Crippen LogP contribution in [0.25, 0.3) is 0 Å². The number of nitrogens with one attached hydrogen (secondary N) is 1. The molecule has 0 bridgehead atoms. The lowest BCUT2D eigenvalue weighted by atomic mass is 9.96. The molecule has 1 aliphatic carbocycles. The first-order valence-electron chi connectivity index (χ1n) is 5.23. The Balaban J connectivity index is 2.10. The third-order valence-electron chi connectivity index (χ3n) is 3.01. The highest BCUT2D eigenvalue weighted by atomic mass is 19.1. The average Bonchev–Trinajstić information content (AvgIpc) is 2.83. The molecule has 0 spiro atoms. The Labute approximate surface area is 88.5 Å². The van der Waals surface area contributed by atoms with Gasteiger partial charge in [-0.15, -0.1) is 0 Å². The Morgan fingerprint density at radius 2 is 1.80 bits per heavy atom. The molecule has 3 heteroatoms. The average molecular weight is 211 g/mol. The Morgan fingerprint density at radius 1 is 1.20 bits per heavy atom. The van der Waals surface area contributed by atoms with E-state index in [0.717, 1.165) is 37.4 Å². The predicted octanol–water partition coefficient (Wildman–Crippen LogP) is 2.51. The van der Waals surface area contributed by atoms with Crippen molar-refractivity contribution in [2.45, 2.75) is 19.3 Å². The Kier molecular flexibility index (Phi) is 2.74. The van der Waals surface area contributed by atoms with Crippen LogP contribution in [-0.2, 0) is 6.42 Å². The first-order chi connectivity index (χ1) is 7.13.